The fourth-order valence-electron chi connectivity index (χ4n) is 1.69. The maximum Gasteiger partial charge on any atom is 0.320 e. The highest BCUT2D eigenvalue weighted by atomic mass is 32.2. The van der Waals surface area contributed by atoms with E-state index in [-0.39, 0.29) is 0 Å². The van der Waals surface area contributed by atoms with Crippen molar-refractivity contribution in [1.82, 2.24) is 5.32 Å². The number of carbonyl (C=O) groups is 1. The third-order valence-electron chi connectivity index (χ3n) is 2.73. The maximum atomic E-state index is 11.1. The lowest BCUT2D eigenvalue weighted by atomic mass is 10.1. The molecule has 5 heteroatoms. The Balaban J connectivity index is 2.53. The molecular weight excluding hydrogens is 274 g/mol. The van der Waals surface area contributed by atoms with E-state index in [4.69, 9.17) is 9.84 Å². The summed E-state index contributed by atoms with van der Waals surface area (Å²) in [6.45, 7) is 4.57. The fourth-order valence-corrected chi connectivity index (χ4v) is 2.16. The van der Waals surface area contributed by atoms with Crippen LogP contribution in [0, 0.1) is 0 Å². The summed E-state index contributed by atoms with van der Waals surface area (Å²) < 4.78 is 5.45. The van der Waals surface area contributed by atoms with Crippen molar-refractivity contribution in [3.8, 4) is 5.75 Å². The molecule has 0 amide bonds. The largest absolute Gasteiger partial charge is 0.490 e. The van der Waals surface area contributed by atoms with Gasteiger partial charge in [-0.1, -0.05) is 24.8 Å². The van der Waals surface area contributed by atoms with E-state index in [2.05, 4.69) is 11.9 Å². The van der Waals surface area contributed by atoms with Crippen LogP contribution >= 0.6 is 11.8 Å². The molecule has 110 valence electrons. The summed E-state index contributed by atoms with van der Waals surface area (Å²) in [7, 11) is 0. The second-order valence-electron chi connectivity index (χ2n) is 4.30. The first-order chi connectivity index (χ1) is 9.67. The molecule has 0 saturated heterocycles. The molecule has 1 aromatic rings. The lowest BCUT2D eigenvalue weighted by Crippen LogP contribution is -2.36. The highest BCUT2D eigenvalue weighted by Gasteiger charge is 2.15. The summed E-state index contributed by atoms with van der Waals surface area (Å²) in [5.41, 5.74) is 1.00. The summed E-state index contributed by atoms with van der Waals surface area (Å²) in [6, 6.07) is 7.11. The van der Waals surface area contributed by atoms with Crippen LogP contribution in [0.4, 0.5) is 0 Å². The molecule has 0 radical (unpaired) electrons. The average molecular weight is 295 g/mol. The zero-order valence-corrected chi connectivity index (χ0v) is 12.5. The third kappa shape index (κ3) is 6.12. The summed E-state index contributed by atoms with van der Waals surface area (Å²) in [6.07, 6.45) is 4.27. The fraction of sp³-hybridized carbons (Fsp3) is 0.400. The van der Waals surface area contributed by atoms with Crippen LogP contribution < -0.4 is 10.1 Å². The van der Waals surface area contributed by atoms with Crippen molar-refractivity contribution in [2.75, 3.05) is 18.6 Å². The Hall–Kier alpha value is -1.46. The first kappa shape index (κ1) is 16.6. The van der Waals surface area contributed by atoms with Gasteiger partial charge in [0.05, 0.1) is 0 Å². The van der Waals surface area contributed by atoms with Gasteiger partial charge in [0.25, 0.3) is 0 Å². The van der Waals surface area contributed by atoms with Crippen molar-refractivity contribution in [3.05, 3.63) is 42.5 Å². The molecule has 20 heavy (non-hydrogen) atoms. The number of thioether (sulfide) groups is 1. The Bertz CT molecular complexity index is 437. The number of hydrogen-bond acceptors (Lipinski definition) is 4. The van der Waals surface area contributed by atoms with E-state index < -0.39 is 12.0 Å². The third-order valence-corrected chi connectivity index (χ3v) is 3.37. The van der Waals surface area contributed by atoms with Gasteiger partial charge in [0.1, 0.15) is 18.4 Å². The maximum absolute atomic E-state index is 11.1. The number of benzene rings is 1. The molecule has 2 N–H and O–H groups in total. The van der Waals surface area contributed by atoms with Crippen LogP contribution in [-0.2, 0) is 11.3 Å². The number of hydrogen-bond donors (Lipinski definition) is 2. The Labute approximate surface area is 124 Å². The van der Waals surface area contributed by atoms with Gasteiger partial charge in [-0.05, 0) is 36.1 Å². The SMILES string of the molecule is C=CCOc1cccc(CNC(CCSC)C(=O)O)c1. The molecule has 0 bridgehead atoms. The van der Waals surface area contributed by atoms with Gasteiger partial charge in [-0.25, -0.2) is 0 Å². The topological polar surface area (TPSA) is 58.6 Å². The van der Waals surface area contributed by atoms with Crippen LogP contribution in [0.15, 0.2) is 36.9 Å². The number of carboxylic acids is 1. The van der Waals surface area contributed by atoms with Gasteiger partial charge in [0.15, 0.2) is 0 Å². The minimum absolute atomic E-state index is 0.461. The molecule has 0 fully saturated rings. The van der Waals surface area contributed by atoms with E-state index in [1.54, 1.807) is 17.8 Å². The standard InChI is InChI=1S/C15H21NO3S/c1-3-8-19-13-6-4-5-12(10-13)11-16-14(15(17)18)7-9-20-2/h3-6,10,14,16H,1,7-9,11H2,2H3,(H,17,18). The van der Waals surface area contributed by atoms with Gasteiger partial charge in [0.2, 0.25) is 0 Å². The Morgan fingerprint density at radius 3 is 3.05 bits per heavy atom. The van der Waals surface area contributed by atoms with Crippen LogP contribution in [0.3, 0.4) is 0 Å². The summed E-state index contributed by atoms with van der Waals surface area (Å²) >= 11 is 1.65. The van der Waals surface area contributed by atoms with E-state index in [9.17, 15) is 4.79 Å². The van der Waals surface area contributed by atoms with Crippen LogP contribution in [0.2, 0.25) is 0 Å². The first-order valence-corrected chi connectivity index (χ1v) is 7.84. The summed E-state index contributed by atoms with van der Waals surface area (Å²) in [5, 5.41) is 12.2. The Morgan fingerprint density at radius 2 is 2.40 bits per heavy atom. The van der Waals surface area contributed by atoms with Crippen LogP contribution in [0.25, 0.3) is 0 Å². The molecule has 0 aliphatic heterocycles. The lowest BCUT2D eigenvalue weighted by molar-refractivity contribution is -0.139. The van der Waals surface area contributed by atoms with E-state index in [0.29, 0.717) is 19.6 Å². The number of rotatable bonds is 10. The number of carboxylic acid groups (broad SMARTS) is 1. The smallest absolute Gasteiger partial charge is 0.320 e. The Kier molecular flexibility index (Phi) is 7.84. The number of aliphatic carboxylic acids is 1. The molecule has 0 spiro atoms. The van der Waals surface area contributed by atoms with Gasteiger partial charge < -0.3 is 15.2 Å². The second kappa shape index (κ2) is 9.44. The molecule has 1 rings (SSSR count). The quantitative estimate of drug-likeness (QED) is 0.650. The van der Waals surface area contributed by atoms with Crippen molar-refractivity contribution >= 4 is 17.7 Å². The van der Waals surface area contributed by atoms with E-state index in [1.807, 2.05) is 30.5 Å². The number of ether oxygens (including phenoxy) is 1. The van der Waals surface area contributed by atoms with Crippen molar-refractivity contribution in [1.29, 1.82) is 0 Å². The van der Waals surface area contributed by atoms with Crippen LogP contribution in [0.1, 0.15) is 12.0 Å². The minimum atomic E-state index is -0.807. The van der Waals surface area contributed by atoms with E-state index in [1.165, 1.54) is 0 Å². The van der Waals surface area contributed by atoms with E-state index >= 15 is 0 Å². The predicted molar refractivity (Wildman–Crippen MR) is 83.4 cm³/mol. The van der Waals surface area contributed by atoms with Crippen molar-refractivity contribution < 1.29 is 14.6 Å². The molecule has 0 aliphatic rings. The predicted octanol–water partition coefficient (Wildman–Crippen LogP) is 2.55. The van der Waals surface area contributed by atoms with Crippen molar-refractivity contribution in [2.24, 2.45) is 0 Å². The lowest BCUT2D eigenvalue weighted by Gasteiger charge is -2.14. The van der Waals surface area contributed by atoms with Crippen LogP contribution in [-0.4, -0.2) is 35.7 Å². The minimum Gasteiger partial charge on any atom is -0.490 e. The summed E-state index contributed by atoms with van der Waals surface area (Å²) in [4.78, 5) is 11.1. The Morgan fingerprint density at radius 1 is 1.60 bits per heavy atom. The van der Waals surface area contributed by atoms with Gasteiger partial charge in [-0.3, -0.25) is 4.79 Å². The van der Waals surface area contributed by atoms with Crippen LogP contribution in [0.5, 0.6) is 5.75 Å². The summed E-state index contributed by atoms with van der Waals surface area (Å²) in [5.74, 6) is 0.783. The molecule has 1 aromatic carbocycles. The van der Waals surface area contributed by atoms with E-state index in [0.717, 1.165) is 17.1 Å². The molecule has 0 heterocycles. The normalized spacial score (nSPS) is 11.8. The van der Waals surface area contributed by atoms with Gasteiger partial charge in [-0.15, -0.1) is 0 Å². The molecule has 0 saturated carbocycles. The monoisotopic (exact) mass is 295 g/mol. The number of nitrogens with one attached hydrogen (secondary N) is 1. The van der Waals surface area contributed by atoms with Crippen molar-refractivity contribution in [2.45, 2.75) is 19.0 Å². The average Bonchev–Trinajstić information content (AvgIpc) is 2.45. The molecule has 1 unspecified atom stereocenters. The van der Waals surface area contributed by atoms with Gasteiger partial charge in [-0.2, -0.15) is 11.8 Å². The molecule has 0 aliphatic carbocycles. The second-order valence-corrected chi connectivity index (χ2v) is 5.29. The zero-order chi connectivity index (χ0) is 14.8. The molecular formula is C15H21NO3S. The molecule has 4 nitrogen and oxygen atoms in total. The molecule has 1 atom stereocenters. The highest BCUT2D eigenvalue weighted by Crippen LogP contribution is 2.13. The zero-order valence-electron chi connectivity index (χ0n) is 11.7. The molecule has 0 aromatic heterocycles. The van der Waals surface area contributed by atoms with Gasteiger partial charge >= 0.3 is 5.97 Å². The van der Waals surface area contributed by atoms with Crippen molar-refractivity contribution in [3.63, 3.8) is 0 Å². The van der Waals surface area contributed by atoms with Gasteiger partial charge in [0, 0.05) is 6.54 Å². The highest BCUT2D eigenvalue weighted by molar-refractivity contribution is 7.98. The first-order valence-electron chi connectivity index (χ1n) is 6.45.